The van der Waals surface area contributed by atoms with Gasteiger partial charge in [0.1, 0.15) is 17.4 Å². The summed E-state index contributed by atoms with van der Waals surface area (Å²) in [6, 6.07) is 5.20. The molecule has 2 aromatic rings. The van der Waals surface area contributed by atoms with E-state index < -0.39 is 0 Å². The number of aliphatic hydroxyl groups is 1. The van der Waals surface area contributed by atoms with E-state index in [1.54, 1.807) is 19.2 Å². The minimum atomic E-state index is -0.226. The molecule has 1 unspecified atom stereocenters. The maximum Gasteiger partial charge on any atom is 0.251 e. The Balaban J connectivity index is 1.67. The van der Waals surface area contributed by atoms with E-state index in [9.17, 15) is 14.7 Å². The maximum absolute atomic E-state index is 13.0. The van der Waals surface area contributed by atoms with Crippen LogP contribution in [-0.4, -0.2) is 66.2 Å². The number of carbonyl (C=O) groups excluding carboxylic acids is 2. The molecule has 2 rings (SSSR count). The number of anilines is 2. The third kappa shape index (κ3) is 23.8. The lowest BCUT2D eigenvalue weighted by Crippen LogP contribution is -2.34. The molecule has 0 bridgehead atoms. The van der Waals surface area contributed by atoms with Crippen LogP contribution in [0.3, 0.4) is 0 Å². The van der Waals surface area contributed by atoms with Crippen LogP contribution in [0.15, 0.2) is 88.1 Å². The lowest BCUT2D eigenvalue weighted by atomic mass is 10.0. The highest BCUT2D eigenvalue weighted by atomic mass is 16.5. The van der Waals surface area contributed by atoms with Gasteiger partial charge in [0, 0.05) is 42.8 Å². The van der Waals surface area contributed by atoms with Crippen LogP contribution in [0.5, 0.6) is 5.75 Å². The van der Waals surface area contributed by atoms with Crippen LogP contribution in [0.25, 0.3) is 0 Å². The average molecular weight is 881 g/mol. The lowest BCUT2D eigenvalue weighted by molar-refractivity contribution is -0.118. The molecule has 64 heavy (non-hydrogen) atoms. The lowest BCUT2D eigenvalue weighted by Gasteiger charge is -2.20. The van der Waals surface area contributed by atoms with E-state index in [0.717, 1.165) is 100 Å². The number of nitrogens with two attached hydrogens (primary N) is 1. The molecular formula is C54H84N6O4. The highest BCUT2D eigenvalue weighted by Crippen LogP contribution is 2.28. The van der Waals surface area contributed by atoms with Crippen LogP contribution in [0.1, 0.15) is 172 Å². The van der Waals surface area contributed by atoms with E-state index >= 15 is 0 Å². The number of nitrogen functional groups attached to an aromatic ring is 1. The Kier molecular flexibility index (Phi) is 27.6. The Morgan fingerprint density at radius 3 is 1.83 bits per heavy atom. The summed E-state index contributed by atoms with van der Waals surface area (Å²) in [6.07, 6.45) is 28.6. The van der Waals surface area contributed by atoms with Crippen molar-refractivity contribution in [2.45, 2.75) is 165 Å². The molecular weight excluding hydrogens is 797 g/mol. The molecule has 10 heteroatoms. The molecule has 0 aliphatic heterocycles. The molecule has 6 N–H and O–H groups in total. The van der Waals surface area contributed by atoms with E-state index in [1.165, 1.54) is 33.4 Å². The van der Waals surface area contributed by atoms with Crippen LogP contribution in [0, 0.1) is 6.92 Å². The van der Waals surface area contributed by atoms with Crippen molar-refractivity contribution in [3.8, 4) is 5.75 Å². The summed E-state index contributed by atoms with van der Waals surface area (Å²) in [4.78, 5) is 34.4. The number of rotatable bonds is 32. The normalized spacial score (nSPS) is 13.2. The number of ether oxygens (including phenoxy) is 1. The molecule has 0 spiro atoms. The number of hydrogen-bond acceptors (Lipinski definition) is 9. The van der Waals surface area contributed by atoms with Crippen molar-refractivity contribution in [2.75, 3.05) is 44.4 Å². The Morgan fingerprint density at radius 2 is 1.30 bits per heavy atom. The summed E-state index contributed by atoms with van der Waals surface area (Å²) in [5.41, 5.74) is 17.4. The van der Waals surface area contributed by atoms with Crippen molar-refractivity contribution >= 4 is 23.5 Å². The van der Waals surface area contributed by atoms with Gasteiger partial charge in [-0.15, -0.1) is 0 Å². The van der Waals surface area contributed by atoms with Crippen LogP contribution < -0.4 is 26.4 Å². The Morgan fingerprint density at radius 1 is 0.750 bits per heavy atom. The number of benzene rings is 1. The van der Waals surface area contributed by atoms with Crippen molar-refractivity contribution in [2.24, 2.45) is 0 Å². The molecule has 10 nitrogen and oxygen atoms in total. The van der Waals surface area contributed by atoms with Gasteiger partial charge in [-0.05, 0) is 150 Å². The number of unbranched alkanes of at least 4 members (excludes halogenated alkanes) is 1. The average Bonchev–Trinajstić information content (AvgIpc) is 3.25. The zero-order valence-corrected chi connectivity index (χ0v) is 41.4. The molecule has 1 atom stereocenters. The predicted molar refractivity (Wildman–Crippen MR) is 270 cm³/mol. The molecule has 0 fully saturated rings. The number of ketones is 1. The first-order valence-corrected chi connectivity index (χ1v) is 23.7. The first-order chi connectivity index (χ1) is 30.6. The third-order valence-electron chi connectivity index (χ3n) is 11.4. The molecule has 0 aliphatic rings. The molecule has 1 amide bonds. The van der Waals surface area contributed by atoms with E-state index in [2.05, 4.69) is 118 Å². The van der Waals surface area contributed by atoms with Crippen molar-refractivity contribution < 1.29 is 19.4 Å². The zero-order chi connectivity index (χ0) is 47.3. The van der Waals surface area contributed by atoms with Gasteiger partial charge in [0.25, 0.3) is 5.91 Å². The molecule has 0 saturated heterocycles. The summed E-state index contributed by atoms with van der Waals surface area (Å²) in [7, 11) is 1.57. The van der Waals surface area contributed by atoms with Gasteiger partial charge in [-0.3, -0.25) is 9.59 Å². The third-order valence-corrected chi connectivity index (χ3v) is 11.4. The Bertz CT molecular complexity index is 1930. The number of amides is 1. The van der Waals surface area contributed by atoms with Gasteiger partial charge >= 0.3 is 0 Å². The first kappa shape index (κ1) is 55.3. The standard InChI is InChI=1S/C54H84N6O4/c1-11-18-48(38-61)59-52-50(45(9)58-54(55)60-52)35-46-30-31-47(36-51(46)64-10)53(63)57-34-33-56-37-49(62)32-29-44(8)28-17-27-43(7)26-16-24-41(5)21-13-12-20-40(4)23-15-25-42(6)22-14-19-39(2)3/h19-21,25-26,28,30-31,36,48,56,61H,11-18,22-24,27,29,32-35,37-38H2,1-10H3,(H,57,63)(H3,55,58,59,60)/b40-20+,41-21+,42-25+,43-26+,44-28+. The van der Waals surface area contributed by atoms with Crippen LogP contribution >= 0.6 is 0 Å². The second-order valence-corrected chi connectivity index (χ2v) is 17.7. The number of nitrogens with zero attached hydrogens (tertiary/aromatic N) is 2. The number of Topliss-reactive ketones (excluding diaryl/α,β-unsaturated/α-hetero) is 1. The number of methoxy groups -OCH3 is 1. The van der Waals surface area contributed by atoms with Crippen LogP contribution in [-0.2, 0) is 11.2 Å². The summed E-state index contributed by atoms with van der Waals surface area (Å²) < 4.78 is 5.68. The molecule has 1 aromatic carbocycles. The van der Waals surface area contributed by atoms with Crippen LogP contribution in [0.4, 0.5) is 11.8 Å². The number of nitrogens with one attached hydrogen (secondary N) is 3. The number of carbonyl (C=O) groups is 2. The molecule has 354 valence electrons. The highest BCUT2D eigenvalue weighted by Gasteiger charge is 2.18. The van der Waals surface area contributed by atoms with E-state index in [1.807, 2.05) is 13.0 Å². The zero-order valence-electron chi connectivity index (χ0n) is 41.4. The number of aliphatic hydroxyl groups excluding tert-OH is 1. The Hall–Kier alpha value is -4.80. The van der Waals surface area contributed by atoms with Crippen molar-refractivity contribution in [1.82, 2.24) is 20.6 Å². The second kappa shape index (κ2) is 32.0. The summed E-state index contributed by atoms with van der Waals surface area (Å²) in [5.74, 6) is 1.24. The van der Waals surface area contributed by atoms with Gasteiger partial charge in [0.05, 0.1) is 26.3 Å². The van der Waals surface area contributed by atoms with E-state index in [0.29, 0.717) is 43.1 Å². The fraction of sp³-hybridized carbons (Fsp3) is 0.556. The van der Waals surface area contributed by atoms with Crippen molar-refractivity contribution in [3.63, 3.8) is 0 Å². The molecule has 0 radical (unpaired) electrons. The molecule has 0 saturated carbocycles. The van der Waals surface area contributed by atoms with E-state index in [4.69, 9.17) is 10.5 Å². The fourth-order valence-corrected chi connectivity index (χ4v) is 7.34. The van der Waals surface area contributed by atoms with Gasteiger partial charge in [-0.1, -0.05) is 89.3 Å². The fourth-order valence-electron chi connectivity index (χ4n) is 7.34. The summed E-state index contributed by atoms with van der Waals surface area (Å²) in [6.45, 7) is 20.5. The van der Waals surface area contributed by atoms with E-state index in [-0.39, 0.29) is 36.8 Å². The van der Waals surface area contributed by atoms with Gasteiger partial charge in [0.15, 0.2) is 0 Å². The first-order valence-electron chi connectivity index (χ1n) is 23.7. The van der Waals surface area contributed by atoms with Gasteiger partial charge in [0.2, 0.25) is 5.95 Å². The highest BCUT2D eigenvalue weighted by molar-refractivity contribution is 5.94. The number of aryl methyl sites for hydroxylation is 1. The molecule has 1 heterocycles. The monoisotopic (exact) mass is 881 g/mol. The minimum absolute atomic E-state index is 0.0275. The number of hydrogen-bond donors (Lipinski definition) is 5. The van der Waals surface area contributed by atoms with Crippen LogP contribution in [0.2, 0.25) is 0 Å². The molecule has 1 aromatic heterocycles. The quantitative estimate of drug-likeness (QED) is 0.0357. The topological polar surface area (TPSA) is 151 Å². The van der Waals surface area contributed by atoms with Gasteiger partial charge < -0.3 is 31.5 Å². The Labute approximate surface area is 387 Å². The number of aromatic nitrogens is 2. The number of allylic oxidation sites excluding steroid dienone is 12. The minimum Gasteiger partial charge on any atom is -0.496 e. The van der Waals surface area contributed by atoms with Gasteiger partial charge in [-0.2, -0.15) is 4.98 Å². The largest absolute Gasteiger partial charge is 0.496 e. The maximum atomic E-state index is 13.0. The van der Waals surface area contributed by atoms with Gasteiger partial charge in [-0.25, -0.2) is 4.98 Å². The SMILES string of the molecule is CCCC(CO)Nc1nc(N)nc(C)c1Cc1ccc(C(=O)NCCNCC(=O)CC/C(C)=C/CC/C(C)=C/CC/C(C)=C/CC/C=C(\C)CC/C=C(\C)CCC=C(C)C)cc1OC. The smallest absolute Gasteiger partial charge is 0.251 e. The second-order valence-electron chi connectivity index (χ2n) is 17.7. The van der Waals surface area contributed by atoms with Crippen molar-refractivity contribution in [1.29, 1.82) is 0 Å². The predicted octanol–water partition coefficient (Wildman–Crippen LogP) is 11.8. The summed E-state index contributed by atoms with van der Waals surface area (Å²) in [5, 5.41) is 19.3. The summed E-state index contributed by atoms with van der Waals surface area (Å²) >= 11 is 0. The van der Waals surface area contributed by atoms with Crippen molar-refractivity contribution in [3.05, 3.63) is 110 Å². The molecule has 0 aliphatic carbocycles.